The second-order valence-corrected chi connectivity index (χ2v) is 11.0. The Morgan fingerprint density at radius 2 is 1.07 bits per heavy atom. The van der Waals surface area contributed by atoms with Gasteiger partial charge in [0.1, 0.15) is 0 Å². The predicted octanol–water partition coefficient (Wildman–Crippen LogP) is 10.6. The van der Waals surface area contributed by atoms with Gasteiger partial charge in [-0.2, -0.15) is 0 Å². The normalized spacial score (nSPS) is 15.2. The molecular weight excluding hydrogens is 506 g/mol. The van der Waals surface area contributed by atoms with Crippen LogP contribution in [0.25, 0.3) is 33.0 Å². The van der Waals surface area contributed by atoms with Gasteiger partial charge in [0.25, 0.3) is 0 Å². The van der Waals surface area contributed by atoms with Crippen molar-refractivity contribution in [2.24, 2.45) is 0 Å². The summed E-state index contributed by atoms with van der Waals surface area (Å²) >= 11 is 0. The van der Waals surface area contributed by atoms with Gasteiger partial charge < -0.3 is 5.32 Å². The summed E-state index contributed by atoms with van der Waals surface area (Å²) in [7, 11) is 0. The standard InChI is InChI=1S/C41H29N/c1-3-12-29(13-4-1)30-22-25-34(26-23-30)42-35-18-11-17-33(28-35)41(32-15-5-2-6-16-32)38-21-10-9-20-37(38)40-36-19-8-7-14-31(36)24-27-39(40)41/h1-28,42H. The predicted molar refractivity (Wildman–Crippen MR) is 176 cm³/mol. The SMILES string of the molecule is c1ccc(-c2ccc(Nc3cccc(C4(c5ccccc5)c5ccccc5-c5c4ccc4ccccc54)c3)cc2)cc1. The first-order valence-corrected chi connectivity index (χ1v) is 14.5. The van der Waals surface area contributed by atoms with E-state index in [9.17, 15) is 0 Å². The third-order valence-electron chi connectivity index (χ3n) is 8.72. The van der Waals surface area contributed by atoms with Gasteiger partial charge in [-0.15, -0.1) is 0 Å². The van der Waals surface area contributed by atoms with Crippen LogP contribution in [0.4, 0.5) is 11.4 Å². The highest BCUT2D eigenvalue weighted by Crippen LogP contribution is 2.57. The largest absolute Gasteiger partial charge is 0.356 e. The highest BCUT2D eigenvalue weighted by molar-refractivity contribution is 6.04. The number of rotatable bonds is 5. The molecule has 1 unspecified atom stereocenters. The van der Waals surface area contributed by atoms with Crippen molar-refractivity contribution in [3.8, 4) is 22.3 Å². The van der Waals surface area contributed by atoms with Gasteiger partial charge in [0.2, 0.25) is 0 Å². The van der Waals surface area contributed by atoms with Gasteiger partial charge in [-0.3, -0.25) is 0 Å². The Hall–Kier alpha value is -5.40. The van der Waals surface area contributed by atoms with E-state index in [2.05, 4.69) is 175 Å². The molecular formula is C41H29N. The Labute approximate surface area is 246 Å². The van der Waals surface area contributed by atoms with E-state index in [4.69, 9.17) is 0 Å². The summed E-state index contributed by atoms with van der Waals surface area (Å²) in [4.78, 5) is 0. The van der Waals surface area contributed by atoms with E-state index in [1.165, 1.54) is 55.3 Å². The lowest BCUT2D eigenvalue weighted by Crippen LogP contribution is -2.28. The summed E-state index contributed by atoms with van der Waals surface area (Å²) in [6, 6.07) is 61.5. The molecule has 0 heterocycles. The maximum Gasteiger partial charge on any atom is 0.0714 e. The Morgan fingerprint density at radius 1 is 0.405 bits per heavy atom. The summed E-state index contributed by atoms with van der Waals surface area (Å²) < 4.78 is 0. The maximum absolute atomic E-state index is 3.69. The van der Waals surface area contributed by atoms with Crippen molar-refractivity contribution in [3.63, 3.8) is 0 Å². The molecule has 0 bridgehead atoms. The van der Waals surface area contributed by atoms with Crippen LogP contribution in [-0.4, -0.2) is 0 Å². The zero-order valence-corrected chi connectivity index (χ0v) is 23.2. The minimum atomic E-state index is -0.438. The van der Waals surface area contributed by atoms with Crippen molar-refractivity contribution in [2.75, 3.05) is 5.32 Å². The molecule has 0 aromatic heterocycles. The Balaban J connectivity index is 1.30. The molecule has 42 heavy (non-hydrogen) atoms. The number of benzene rings is 7. The van der Waals surface area contributed by atoms with E-state index >= 15 is 0 Å². The maximum atomic E-state index is 3.69. The summed E-state index contributed by atoms with van der Waals surface area (Å²) in [5.41, 5.74) is 12.0. The molecule has 1 heteroatoms. The molecule has 1 aliphatic carbocycles. The number of fused-ring (bicyclic) bond motifs is 5. The van der Waals surface area contributed by atoms with Crippen LogP contribution in [0.15, 0.2) is 170 Å². The molecule has 0 fully saturated rings. The molecule has 8 rings (SSSR count). The minimum Gasteiger partial charge on any atom is -0.356 e. The highest BCUT2D eigenvalue weighted by atomic mass is 14.9. The van der Waals surface area contributed by atoms with Crippen molar-refractivity contribution < 1.29 is 0 Å². The van der Waals surface area contributed by atoms with E-state index in [1.54, 1.807) is 0 Å². The average molecular weight is 536 g/mol. The molecule has 1 atom stereocenters. The molecule has 7 aromatic carbocycles. The third kappa shape index (κ3) is 3.78. The lowest BCUT2D eigenvalue weighted by molar-refractivity contribution is 0.769. The van der Waals surface area contributed by atoms with Gasteiger partial charge in [0.05, 0.1) is 5.41 Å². The zero-order valence-electron chi connectivity index (χ0n) is 23.2. The van der Waals surface area contributed by atoms with Crippen molar-refractivity contribution in [2.45, 2.75) is 5.41 Å². The smallest absolute Gasteiger partial charge is 0.0714 e. The monoisotopic (exact) mass is 535 g/mol. The first-order chi connectivity index (χ1) is 20.8. The second kappa shape index (κ2) is 9.90. The Morgan fingerprint density at radius 3 is 1.90 bits per heavy atom. The van der Waals surface area contributed by atoms with Crippen LogP contribution in [-0.2, 0) is 5.41 Å². The minimum absolute atomic E-state index is 0.438. The number of anilines is 2. The van der Waals surface area contributed by atoms with Crippen LogP contribution in [0.3, 0.4) is 0 Å². The molecule has 198 valence electrons. The van der Waals surface area contributed by atoms with Gasteiger partial charge >= 0.3 is 0 Å². The first-order valence-electron chi connectivity index (χ1n) is 14.5. The Bertz CT molecular complexity index is 2040. The van der Waals surface area contributed by atoms with Crippen LogP contribution in [0.1, 0.15) is 22.3 Å². The third-order valence-corrected chi connectivity index (χ3v) is 8.72. The van der Waals surface area contributed by atoms with Gasteiger partial charge in [-0.25, -0.2) is 0 Å². The lowest BCUT2D eigenvalue weighted by Gasteiger charge is -2.34. The van der Waals surface area contributed by atoms with Gasteiger partial charge in [0, 0.05) is 11.4 Å². The second-order valence-electron chi connectivity index (χ2n) is 11.0. The molecule has 0 saturated carbocycles. The van der Waals surface area contributed by atoms with E-state index < -0.39 is 5.41 Å². The molecule has 0 aliphatic heterocycles. The van der Waals surface area contributed by atoms with Crippen molar-refractivity contribution in [3.05, 3.63) is 192 Å². The lowest BCUT2D eigenvalue weighted by atomic mass is 9.67. The van der Waals surface area contributed by atoms with Gasteiger partial charge in [-0.1, -0.05) is 146 Å². The molecule has 0 saturated heterocycles. The molecule has 0 radical (unpaired) electrons. The van der Waals surface area contributed by atoms with E-state index in [-0.39, 0.29) is 0 Å². The summed E-state index contributed by atoms with van der Waals surface area (Å²) in [6.45, 7) is 0. The van der Waals surface area contributed by atoms with E-state index in [0.717, 1.165) is 11.4 Å². The number of hydrogen-bond donors (Lipinski definition) is 1. The van der Waals surface area contributed by atoms with Crippen LogP contribution < -0.4 is 5.32 Å². The molecule has 1 nitrogen and oxygen atoms in total. The van der Waals surface area contributed by atoms with Gasteiger partial charge in [0.15, 0.2) is 0 Å². The zero-order chi connectivity index (χ0) is 27.9. The molecule has 0 spiro atoms. The van der Waals surface area contributed by atoms with E-state index in [1.807, 2.05) is 0 Å². The van der Waals surface area contributed by atoms with Crippen LogP contribution in [0.2, 0.25) is 0 Å². The fraction of sp³-hybridized carbons (Fsp3) is 0.0244. The summed E-state index contributed by atoms with van der Waals surface area (Å²) in [6.07, 6.45) is 0. The van der Waals surface area contributed by atoms with Crippen molar-refractivity contribution >= 4 is 22.1 Å². The summed E-state index contributed by atoms with van der Waals surface area (Å²) in [5.74, 6) is 0. The molecule has 1 aliphatic rings. The Kier molecular flexibility index (Phi) is 5.75. The number of hydrogen-bond acceptors (Lipinski definition) is 1. The fourth-order valence-electron chi connectivity index (χ4n) is 6.90. The van der Waals surface area contributed by atoms with Crippen LogP contribution in [0.5, 0.6) is 0 Å². The molecule has 1 N–H and O–H groups in total. The fourth-order valence-corrected chi connectivity index (χ4v) is 6.90. The first kappa shape index (κ1) is 24.4. The van der Waals surface area contributed by atoms with Crippen molar-refractivity contribution in [1.82, 2.24) is 0 Å². The quantitative estimate of drug-likeness (QED) is 0.231. The number of nitrogens with one attached hydrogen (secondary N) is 1. The average Bonchev–Trinajstić information content (AvgIpc) is 3.38. The molecule has 7 aromatic rings. The van der Waals surface area contributed by atoms with Crippen molar-refractivity contribution in [1.29, 1.82) is 0 Å². The van der Waals surface area contributed by atoms with Crippen LogP contribution >= 0.6 is 0 Å². The topological polar surface area (TPSA) is 12.0 Å². The highest BCUT2D eigenvalue weighted by Gasteiger charge is 2.46. The summed E-state index contributed by atoms with van der Waals surface area (Å²) in [5, 5.41) is 6.26. The van der Waals surface area contributed by atoms with Crippen LogP contribution in [0, 0.1) is 0 Å². The molecule has 0 amide bonds. The van der Waals surface area contributed by atoms with Gasteiger partial charge in [-0.05, 0) is 79.5 Å². The van der Waals surface area contributed by atoms with E-state index in [0.29, 0.717) is 0 Å².